The number of halogens is 1. The fourth-order valence-electron chi connectivity index (χ4n) is 4.51. The molecule has 0 aliphatic heterocycles. The zero-order valence-corrected chi connectivity index (χ0v) is 17.8. The molecule has 2 heteroatoms. The maximum absolute atomic E-state index is 13.9. The maximum Gasteiger partial charge on any atom is 0.101 e. The smallest absolute Gasteiger partial charge is 0.101 e. The Morgan fingerprint density at radius 2 is 1.56 bits per heavy atom. The highest BCUT2D eigenvalue weighted by molar-refractivity contribution is 5.63. The Balaban J connectivity index is 2.10. The quantitative estimate of drug-likeness (QED) is 0.548. The van der Waals surface area contributed by atoms with E-state index in [1.807, 2.05) is 12.1 Å². The van der Waals surface area contributed by atoms with E-state index in [9.17, 15) is 4.39 Å². The number of hydrogen-bond acceptors (Lipinski definition) is 1. The molecule has 27 heavy (non-hydrogen) atoms. The summed E-state index contributed by atoms with van der Waals surface area (Å²) in [7, 11) is 0. The van der Waals surface area contributed by atoms with Crippen LogP contribution in [0.15, 0.2) is 36.4 Å². The van der Waals surface area contributed by atoms with Crippen molar-refractivity contribution in [3.63, 3.8) is 0 Å². The first-order chi connectivity index (χ1) is 12.7. The fourth-order valence-corrected chi connectivity index (χ4v) is 4.51. The lowest BCUT2D eigenvalue weighted by Crippen LogP contribution is -2.33. The average Bonchev–Trinajstić information content (AvgIpc) is 2.67. The van der Waals surface area contributed by atoms with Gasteiger partial charge in [-0.2, -0.15) is 0 Å². The predicted molar refractivity (Wildman–Crippen MR) is 113 cm³/mol. The summed E-state index contributed by atoms with van der Waals surface area (Å²) in [6, 6.07) is 12.9. The molecule has 0 fully saturated rings. The molecule has 0 bridgehead atoms. The second-order valence-electron chi connectivity index (χ2n) is 9.56. The first-order valence-corrected chi connectivity index (χ1v) is 10.4. The van der Waals surface area contributed by atoms with Crippen LogP contribution in [0.4, 0.5) is 4.39 Å². The average molecular weight is 368 g/mol. The Morgan fingerprint density at radius 1 is 0.926 bits per heavy atom. The van der Waals surface area contributed by atoms with Gasteiger partial charge in [-0.05, 0) is 65.8 Å². The summed E-state index contributed by atoms with van der Waals surface area (Å²) in [5, 5.41) is 0. The molecular formula is C25H34FN. The van der Waals surface area contributed by atoms with E-state index in [-0.39, 0.29) is 17.5 Å². The molecule has 146 valence electrons. The standard InChI is InChI=1S/C25H34FN/c1-7-25(8-2,17-26)22-11-9-10-21(27-22)18-12-13-19-20(16-18)24(5,6)15-14-23(19,3)4/h9-13,16H,7-8,14-15,17H2,1-6H3. The summed E-state index contributed by atoms with van der Waals surface area (Å²) in [4.78, 5) is 4.92. The molecule has 0 saturated heterocycles. The van der Waals surface area contributed by atoms with Gasteiger partial charge in [0.1, 0.15) is 6.67 Å². The molecule has 0 spiro atoms. The number of aromatic nitrogens is 1. The highest BCUT2D eigenvalue weighted by atomic mass is 19.1. The Hall–Kier alpha value is -1.70. The third-order valence-corrected chi connectivity index (χ3v) is 7.05. The highest BCUT2D eigenvalue weighted by Gasteiger charge is 2.37. The van der Waals surface area contributed by atoms with Crippen molar-refractivity contribution in [2.45, 2.75) is 83.5 Å². The molecule has 0 radical (unpaired) electrons. The van der Waals surface area contributed by atoms with Crippen LogP contribution < -0.4 is 0 Å². The first kappa shape index (κ1) is 20.0. The van der Waals surface area contributed by atoms with Crippen molar-refractivity contribution in [1.82, 2.24) is 4.98 Å². The van der Waals surface area contributed by atoms with Gasteiger partial charge in [-0.15, -0.1) is 0 Å². The number of pyridine rings is 1. The summed E-state index contributed by atoms with van der Waals surface area (Å²) in [6.07, 6.45) is 3.94. The second kappa shape index (κ2) is 7.04. The van der Waals surface area contributed by atoms with Gasteiger partial charge in [0.2, 0.25) is 0 Å². The highest BCUT2D eigenvalue weighted by Crippen LogP contribution is 2.46. The Kier molecular flexibility index (Phi) is 5.22. The van der Waals surface area contributed by atoms with Gasteiger partial charge in [-0.3, -0.25) is 9.37 Å². The summed E-state index contributed by atoms with van der Waals surface area (Å²) in [6.45, 7) is 13.1. The summed E-state index contributed by atoms with van der Waals surface area (Å²) in [5.74, 6) is 0. The molecule has 0 saturated carbocycles. The van der Waals surface area contributed by atoms with Crippen molar-refractivity contribution in [3.05, 3.63) is 53.2 Å². The van der Waals surface area contributed by atoms with Gasteiger partial charge in [-0.1, -0.05) is 59.7 Å². The molecule has 0 atom stereocenters. The van der Waals surface area contributed by atoms with Crippen molar-refractivity contribution < 1.29 is 4.39 Å². The van der Waals surface area contributed by atoms with E-state index in [4.69, 9.17) is 4.98 Å². The summed E-state index contributed by atoms with van der Waals surface area (Å²) < 4.78 is 13.9. The predicted octanol–water partition coefficient (Wildman–Crippen LogP) is 7.12. The van der Waals surface area contributed by atoms with Crippen LogP contribution in [-0.4, -0.2) is 11.7 Å². The van der Waals surface area contributed by atoms with Crippen LogP contribution in [0, 0.1) is 0 Å². The summed E-state index contributed by atoms with van der Waals surface area (Å²) in [5.41, 5.74) is 5.79. The zero-order chi connectivity index (χ0) is 19.9. The number of benzene rings is 1. The molecule has 2 aromatic rings. The normalized spacial score (nSPS) is 18.2. The van der Waals surface area contributed by atoms with Crippen molar-refractivity contribution in [2.24, 2.45) is 0 Å². The summed E-state index contributed by atoms with van der Waals surface area (Å²) >= 11 is 0. The topological polar surface area (TPSA) is 12.9 Å². The van der Waals surface area contributed by atoms with Gasteiger partial charge in [0, 0.05) is 16.7 Å². The molecule has 1 aliphatic carbocycles. The minimum absolute atomic E-state index is 0.175. The van der Waals surface area contributed by atoms with Gasteiger partial charge >= 0.3 is 0 Å². The molecule has 1 heterocycles. The first-order valence-electron chi connectivity index (χ1n) is 10.4. The largest absolute Gasteiger partial charge is 0.252 e. The molecule has 1 aliphatic rings. The van der Waals surface area contributed by atoms with E-state index in [1.165, 1.54) is 24.0 Å². The number of alkyl halides is 1. The molecule has 1 aromatic carbocycles. The van der Waals surface area contributed by atoms with Crippen molar-refractivity contribution in [2.75, 3.05) is 6.67 Å². The van der Waals surface area contributed by atoms with Crippen molar-refractivity contribution in [3.8, 4) is 11.3 Å². The van der Waals surface area contributed by atoms with E-state index < -0.39 is 5.41 Å². The van der Waals surface area contributed by atoms with Gasteiger partial charge in [0.05, 0.1) is 5.69 Å². The SMILES string of the molecule is CCC(CC)(CF)c1cccc(-c2ccc3c(c2)C(C)(C)CCC3(C)C)n1. The van der Waals surface area contributed by atoms with E-state index in [2.05, 4.69) is 65.8 Å². The Bertz CT molecular complexity index is 807. The Labute approximate surface area is 164 Å². The lowest BCUT2D eigenvalue weighted by molar-refractivity contribution is 0.279. The van der Waals surface area contributed by atoms with Gasteiger partial charge < -0.3 is 0 Å². The molecule has 0 unspecified atom stereocenters. The van der Waals surface area contributed by atoms with Crippen LogP contribution in [-0.2, 0) is 16.2 Å². The third-order valence-electron chi connectivity index (χ3n) is 7.05. The van der Waals surface area contributed by atoms with Crippen LogP contribution >= 0.6 is 0 Å². The Morgan fingerprint density at radius 3 is 2.15 bits per heavy atom. The van der Waals surface area contributed by atoms with Crippen LogP contribution in [0.25, 0.3) is 11.3 Å². The number of hydrogen-bond donors (Lipinski definition) is 0. The minimum Gasteiger partial charge on any atom is -0.252 e. The molecule has 0 N–H and O–H groups in total. The van der Waals surface area contributed by atoms with E-state index in [0.717, 1.165) is 29.8 Å². The molecule has 3 rings (SSSR count). The number of nitrogens with zero attached hydrogens (tertiary/aromatic N) is 1. The molecule has 0 amide bonds. The lowest BCUT2D eigenvalue weighted by Gasteiger charge is -2.42. The second-order valence-corrected chi connectivity index (χ2v) is 9.56. The van der Waals surface area contributed by atoms with Crippen molar-refractivity contribution >= 4 is 0 Å². The monoisotopic (exact) mass is 367 g/mol. The van der Waals surface area contributed by atoms with Gasteiger partial charge in [0.15, 0.2) is 0 Å². The molecule has 1 aromatic heterocycles. The maximum atomic E-state index is 13.9. The van der Waals surface area contributed by atoms with E-state index in [0.29, 0.717) is 0 Å². The van der Waals surface area contributed by atoms with Crippen LogP contribution in [0.1, 0.15) is 84.0 Å². The van der Waals surface area contributed by atoms with Crippen molar-refractivity contribution in [1.29, 1.82) is 0 Å². The fraction of sp³-hybridized carbons (Fsp3) is 0.560. The van der Waals surface area contributed by atoms with Gasteiger partial charge in [0.25, 0.3) is 0 Å². The van der Waals surface area contributed by atoms with Crippen LogP contribution in [0.5, 0.6) is 0 Å². The lowest BCUT2D eigenvalue weighted by atomic mass is 9.63. The molecular weight excluding hydrogens is 333 g/mol. The third kappa shape index (κ3) is 3.44. The van der Waals surface area contributed by atoms with Crippen LogP contribution in [0.3, 0.4) is 0 Å². The van der Waals surface area contributed by atoms with Gasteiger partial charge in [-0.25, -0.2) is 0 Å². The van der Waals surface area contributed by atoms with E-state index in [1.54, 1.807) is 0 Å². The minimum atomic E-state index is -0.467. The molecule has 1 nitrogen and oxygen atoms in total. The zero-order valence-electron chi connectivity index (χ0n) is 17.8. The van der Waals surface area contributed by atoms with E-state index >= 15 is 0 Å². The van der Waals surface area contributed by atoms with Crippen LogP contribution in [0.2, 0.25) is 0 Å². The number of fused-ring (bicyclic) bond motifs is 1. The number of rotatable bonds is 5.